The normalized spacial score (nSPS) is 12.5. The highest BCUT2D eigenvalue weighted by Gasteiger charge is 1.96. The summed E-state index contributed by atoms with van der Waals surface area (Å²) in [6.45, 7) is 2.10. The predicted octanol–water partition coefficient (Wildman–Crippen LogP) is 2.77. The zero-order valence-corrected chi connectivity index (χ0v) is 8.11. The molecule has 0 saturated carbocycles. The summed E-state index contributed by atoms with van der Waals surface area (Å²) in [6.07, 6.45) is 6.31. The molecule has 2 nitrogen and oxygen atoms in total. The summed E-state index contributed by atoms with van der Waals surface area (Å²) >= 11 is 0. The van der Waals surface area contributed by atoms with Crippen LogP contribution >= 0.6 is 0 Å². The second kappa shape index (κ2) is 6.17. The van der Waals surface area contributed by atoms with Gasteiger partial charge in [-0.25, -0.2) is 0 Å². The van der Waals surface area contributed by atoms with Crippen molar-refractivity contribution in [1.29, 1.82) is 0 Å². The van der Waals surface area contributed by atoms with Crippen LogP contribution in [0.1, 0.15) is 39.0 Å². The molecule has 0 heterocycles. The molecule has 0 saturated heterocycles. The first-order valence-electron chi connectivity index (χ1n) is 4.17. The van der Waals surface area contributed by atoms with Gasteiger partial charge in [-0.05, 0) is 12.8 Å². The summed E-state index contributed by atoms with van der Waals surface area (Å²) in [5.74, 6) is 0. The SMILES string of the molecule is CCCCCCC=CS(=O)(=O)F. The molecule has 12 heavy (non-hydrogen) atoms. The van der Waals surface area contributed by atoms with E-state index in [1.165, 1.54) is 6.08 Å². The van der Waals surface area contributed by atoms with Gasteiger partial charge in [-0.1, -0.05) is 32.3 Å². The van der Waals surface area contributed by atoms with E-state index in [0.717, 1.165) is 25.7 Å². The van der Waals surface area contributed by atoms with Crippen molar-refractivity contribution in [1.82, 2.24) is 0 Å². The zero-order valence-electron chi connectivity index (χ0n) is 7.29. The zero-order chi connectivity index (χ0) is 9.45. The van der Waals surface area contributed by atoms with Crippen LogP contribution in [0.5, 0.6) is 0 Å². The summed E-state index contributed by atoms with van der Waals surface area (Å²) in [5.41, 5.74) is 0. The molecule has 0 bridgehead atoms. The van der Waals surface area contributed by atoms with Gasteiger partial charge in [0.05, 0.1) is 5.41 Å². The number of halogens is 1. The molecule has 0 aliphatic rings. The number of hydrogen-bond acceptors (Lipinski definition) is 2. The Labute approximate surface area is 73.7 Å². The lowest BCUT2D eigenvalue weighted by Crippen LogP contribution is -1.81. The lowest BCUT2D eigenvalue weighted by molar-refractivity contribution is 0.562. The molecule has 0 rings (SSSR count). The molecule has 72 valence electrons. The van der Waals surface area contributed by atoms with E-state index in [1.807, 2.05) is 0 Å². The van der Waals surface area contributed by atoms with Crippen LogP contribution < -0.4 is 0 Å². The topological polar surface area (TPSA) is 34.1 Å². The van der Waals surface area contributed by atoms with Crippen molar-refractivity contribution in [3.8, 4) is 0 Å². The van der Waals surface area contributed by atoms with Crippen LogP contribution in [0.15, 0.2) is 11.5 Å². The van der Waals surface area contributed by atoms with E-state index in [1.54, 1.807) is 0 Å². The Morgan fingerprint density at radius 1 is 1.25 bits per heavy atom. The Morgan fingerprint density at radius 2 is 1.92 bits per heavy atom. The lowest BCUT2D eigenvalue weighted by atomic mass is 10.2. The smallest absolute Gasteiger partial charge is 0.190 e. The minimum atomic E-state index is -4.40. The number of hydrogen-bond donors (Lipinski definition) is 0. The van der Waals surface area contributed by atoms with Crippen molar-refractivity contribution < 1.29 is 12.3 Å². The van der Waals surface area contributed by atoms with Crippen LogP contribution in [0.25, 0.3) is 0 Å². The predicted molar refractivity (Wildman–Crippen MR) is 47.9 cm³/mol. The van der Waals surface area contributed by atoms with Gasteiger partial charge < -0.3 is 0 Å². The Balaban J connectivity index is 3.38. The Kier molecular flexibility index (Phi) is 5.98. The molecule has 0 radical (unpaired) electrons. The summed E-state index contributed by atoms with van der Waals surface area (Å²) in [5, 5.41) is 0.624. The minimum absolute atomic E-state index is 0.624. The lowest BCUT2D eigenvalue weighted by Gasteiger charge is -1.92. The highest BCUT2D eigenvalue weighted by Crippen LogP contribution is 2.04. The Hall–Kier alpha value is -0.380. The fourth-order valence-electron chi connectivity index (χ4n) is 0.872. The maximum absolute atomic E-state index is 11.8. The molecule has 0 atom stereocenters. The van der Waals surface area contributed by atoms with Gasteiger partial charge in [-0.3, -0.25) is 0 Å². The van der Waals surface area contributed by atoms with Gasteiger partial charge in [0.1, 0.15) is 0 Å². The standard InChI is InChI=1S/C8H15FO2S/c1-2-3-4-5-6-7-8-12(9,10)11/h7-8H,2-6H2,1H3. The highest BCUT2D eigenvalue weighted by atomic mass is 32.3. The molecule has 0 amide bonds. The van der Waals surface area contributed by atoms with E-state index in [-0.39, 0.29) is 0 Å². The van der Waals surface area contributed by atoms with Crippen LogP contribution in [0.4, 0.5) is 3.89 Å². The van der Waals surface area contributed by atoms with Crippen LogP contribution in [0.3, 0.4) is 0 Å². The fraction of sp³-hybridized carbons (Fsp3) is 0.750. The summed E-state index contributed by atoms with van der Waals surface area (Å²) < 4.78 is 31.8. The molecular formula is C8H15FO2S. The summed E-state index contributed by atoms with van der Waals surface area (Å²) in [6, 6.07) is 0. The Morgan fingerprint density at radius 3 is 2.42 bits per heavy atom. The molecule has 0 spiro atoms. The third-order valence-electron chi connectivity index (χ3n) is 1.48. The third kappa shape index (κ3) is 9.62. The van der Waals surface area contributed by atoms with Gasteiger partial charge in [-0.15, -0.1) is 3.89 Å². The average Bonchev–Trinajstić information content (AvgIpc) is 1.94. The number of allylic oxidation sites excluding steroid dienone is 1. The first-order chi connectivity index (χ1) is 5.56. The molecule has 0 N–H and O–H groups in total. The number of rotatable bonds is 6. The average molecular weight is 194 g/mol. The maximum atomic E-state index is 11.8. The molecule has 0 aromatic carbocycles. The van der Waals surface area contributed by atoms with Crippen molar-refractivity contribution >= 4 is 10.2 Å². The third-order valence-corrected chi connectivity index (χ3v) is 2.00. The second-order valence-corrected chi connectivity index (χ2v) is 3.92. The highest BCUT2D eigenvalue weighted by molar-refractivity contribution is 7.89. The van der Waals surface area contributed by atoms with Gasteiger partial charge >= 0.3 is 10.2 Å². The van der Waals surface area contributed by atoms with Crippen LogP contribution in [-0.4, -0.2) is 8.42 Å². The monoisotopic (exact) mass is 194 g/mol. The van der Waals surface area contributed by atoms with E-state index in [2.05, 4.69) is 6.92 Å². The largest absolute Gasteiger partial charge is 0.324 e. The maximum Gasteiger partial charge on any atom is 0.324 e. The van der Waals surface area contributed by atoms with E-state index >= 15 is 0 Å². The molecule has 0 unspecified atom stereocenters. The quantitative estimate of drug-likeness (QED) is 0.481. The van der Waals surface area contributed by atoms with Gasteiger partial charge in [0.2, 0.25) is 0 Å². The molecule has 0 fully saturated rings. The Bertz CT molecular complexity index is 219. The van der Waals surface area contributed by atoms with Gasteiger partial charge in [0, 0.05) is 0 Å². The molecule has 0 aromatic rings. The first kappa shape index (κ1) is 11.6. The van der Waals surface area contributed by atoms with E-state index < -0.39 is 10.2 Å². The van der Waals surface area contributed by atoms with Crippen molar-refractivity contribution in [2.75, 3.05) is 0 Å². The molecule has 0 aromatic heterocycles. The van der Waals surface area contributed by atoms with Crippen molar-refractivity contribution in [3.63, 3.8) is 0 Å². The van der Waals surface area contributed by atoms with Crippen molar-refractivity contribution in [3.05, 3.63) is 11.5 Å². The summed E-state index contributed by atoms with van der Waals surface area (Å²) in [7, 11) is -4.40. The van der Waals surface area contributed by atoms with Crippen LogP contribution in [-0.2, 0) is 10.2 Å². The van der Waals surface area contributed by atoms with E-state index in [4.69, 9.17) is 0 Å². The van der Waals surface area contributed by atoms with Gasteiger partial charge in [-0.2, -0.15) is 8.42 Å². The fourth-order valence-corrected chi connectivity index (χ4v) is 1.24. The second-order valence-electron chi connectivity index (χ2n) is 2.70. The molecule has 4 heteroatoms. The van der Waals surface area contributed by atoms with Crippen molar-refractivity contribution in [2.45, 2.75) is 39.0 Å². The van der Waals surface area contributed by atoms with E-state index in [0.29, 0.717) is 11.8 Å². The minimum Gasteiger partial charge on any atom is -0.190 e. The van der Waals surface area contributed by atoms with Gasteiger partial charge in [0.15, 0.2) is 0 Å². The molecule has 0 aliphatic carbocycles. The summed E-state index contributed by atoms with van der Waals surface area (Å²) in [4.78, 5) is 0. The first-order valence-corrected chi connectivity index (χ1v) is 5.62. The number of unbranched alkanes of at least 4 members (excludes halogenated alkanes) is 4. The van der Waals surface area contributed by atoms with E-state index in [9.17, 15) is 12.3 Å². The van der Waals surface area contributed by atoms with Crippen LogP contribution in [0.2, 0.25) is 0 Å². The van der Waals surface area contributed by atoms with Gasteiger partial charge in [0.25, 0.3) is 0 Å². The van der Waals surface area contributed by atoms with Crippen molar-refractivity contribution in [2.24, 2.45) is 0 Å². The van der Waals surface area contributed by atoms with Crippen LogP contribution in [0, 0.1) is 0 Å². The molecule has 0 aliphatic heterocycles. The molecular weight excluding hydrogens is 179 g/mol.